The van der Waals surface area contributed by atoms with Crippen LogP contribution in [0.5, 0.6) is 11.5 Å². The number of aromatic nitrogens is 3. The largest absolute Gasteiger partial charge is 0.497 e. The number of benzene rings is 3. The lowest BCUT2D eigenvalue weighted by Gasteiger charge is -2.12. The van der Waals surface area contributed by atoms with Crippen molar-refractivity contribution in [3.63, 3.8) is 0 Å². The number of halogens is 1. The van der Waals surface area contributed by atoms with E-state index >= 15 is 0 Å². The summed E-state index contributed by atoms with van der Waals surface area (Å²) in [6.07, 6.45) is 0. The summed E-state index contributed by atoms with van der Waals surface area (Å²) in [4.78, 5) is 12.7. The van der Waals surface area contributed by atoms with Crippen LogP contribution < -0.4 is 14.8 Å². The zero-order valence-electron chi connectivity index (χ0n) is 18.0. The fourth-order valence-electron chi connectivity index (χ4n) is 3.20. The number of hydrogen-bond acceptors (Lipinski definition) is 6. The van der Waals surface area contributed by atoms with Gasteiger partial charge in [-0.3, -0.25) is 9.36 Å². The molecule has 168 valence electrons. The summed E-state index contributed by atoms with van der Waals surface area (Å²) >= 11 is 7.70. The number of anilines is 1. The molecule has 0 saturated carbocycles. The molecule has 1 amide bonds. The highest BCUT2D eigenvalue weighted by Crippen LogP contribution is 2.32. The Morgan fingerprint density at radius 1 is 0.970 bits per heavy atom. The quantitative estimate of drug-likeness (QED) is 0.343. The average molecular weight is 481 g/mol. The summed E-state index contributed by atoms with van der Waals surface area (Å²) < 4.78 is 12.4. The summed E-state index contributed by atoms with van der Waals surface area (Å²) in [6, 6.07) is 22.4. The predicted molar refractivity (Wildman–Crippen MR) is 131 cm³/mol. The molecule has 0 atom stereocenters. The number of para-hydroxylation sites is 1. The van der Waals surface area contributed by atoms with Crippen LogP contribution in [0.3, 0.4) is 0 Å². The predicted octanol–water partition coefficient (Wildman–Crippen LogP) is 5.34. The van der Waals surface area contributed by atoms with Crippen molar-refractivity contribution in [1.29, 1.82) is 0 Å². The first-order chi connectivity index (χ1) is 16.1. The third-order valence-corrected chi connectivity index (χ3v) is 5.99. The number of nitrogens with one attached hydrogen (secondary N) is 1. The maximum Gasteiger partial charge on any atom is 0.234 e. The first-order valence-electron chi connectivity index (χ1n) is 10.0. The summed E-state index contributed by atoms with van der Waals surface area (Å²) in [5.41, 5.74) is 2.21. The highest BCUT2D eigenvalue weighted by Gasteiger charge is 2.19. The normalized spacial score (nSPS) is 10.6. The van der Waals surface area contributed by atoms with Crippen molar-refractivity contribution in [3.05, 3.63) is 77.8 Å². The van der Waals surface area contributed by atoms with Gasteiger partial charge in [0.2, 0.25) is 5.91 Å². The Kier molecular flexibility index (Phi) is 7.16. The van der Waals surface area contributed by atoms with Crippen molar-refractivity contribution in [2.45, 2.75) is 5.16 Å². The van der Waals surface area contributed by atoms with Gasteiger partial charge in [0.05, 0.1) is 25.0 Å². The number of ether oxygens (including phenoxy) is 2. The lowest BCUT2D eigenvalue weighted by molar-refractivity contribution is -0.113. The van der Waals surface area contributed by atoms with Gasteiger partial charge in [-0.1, -0.05) is 53.7 Å². The van der Waals surface area contributed by atoms with E-state index in [1.54, 1.807) is 32.4 Å². The average Bonchev–Trinajstić information content (AvgIpc) is 3.27. The van der Waals surface area contributed by atoms with E-state index in [9.17, 15) is 4.79 Å². The molecule has 33 heavy (non-hydrogen) atoms. The topological polar surface area (TPSA) is 78.3 Å². The fourth-order valence-corrected chi connectivity index (χ4v) is 4.17. The maximum atomic E-state index is 12.7. The van der Waals surface area contributed by atoms with Gasteiger partial charge in [0.1, 0.15) is 11.5 Å². The molecule has 4 rings (SSSR count). The first-order valence-corrected chi connectivity index (χ1v) is 11.4. The molecule has 0 fully saturated rings. The molecule has 0 saturated heterocycles. The van der Waals surface area contributed by atoms with Gasteiger partial charge in [0.15, 0.2) is 11.0 Å². The van der Waals surface area contributed by atoms with Crippen LogP contribution in [0, 0.1) is 0 Å². The van der Waals surface area contributed by atoms with Crippen LogP contribution in [-0.2, 0) is 4.79 Å². The maximum absolute atomic E-state index is 12.7. The minimum absolute atomic E-state index is 0.132. The molecule has 0 radical (unpaired) electrons. The molecule has 7 nitrogen and oxygen atoms in total. The fraction of sp³-hybridized carbons (Fsp3) is 0.125. The van der Waals surface area contributed by atoms with Crippen molar-refractivity contribution in [1.82, 2.24) is 14.8 Å². The Labute approximate surface area is 200 Å². The number of methoxy groups -OCH3 is 2. The smallest absolute Gasteiger partial charge is 0.234 e. The van der Waals surface area contributed by atoms with E-state index in [0.717, 1.165) is 11.3 Å². The van der Waals surface area contributed by atoms with Crippen molar-refractivity contribution < 1.29 is 14.3 Å². The van der Waals surface area contributed by atoms with Crippen LogP contribution in [0.1, 0.15) is 0 Å². The Hall–Kier alpha value is -3.49. The second-order valence-corrected chi connectivity index (χ2v) is 8.24. The first kappa shape index (κ1) is 22.7. The Balaban J connectivity index is 1.58. The van der Waals surface area contributed by atoms with E-state index in [4.69, 9.17) is 21.1 Å². The summed E-state index contributed by atoms with van der Waals surface area (Å²) in [7, 11) is 3.12. The van der Waals surface area contributed by atoms with Crippen LogP contribution in [-0.4, -0.2) is 40.6 Å². The third-order valence-electron chi connectivity index (χ3n) is 4.73. The second-order valence-electron chi connectivity index (χ2n) is 6.90. The molecule has 0 unspecified atom stereocenters. The van der Waals surface area contributed by atoms with Crippen LogP contribution >= 0.6 is 23.4 Å². The van der Waals surface area contributed by atoms with Crippen molar-refractivity contribution in [3.8, 4) is 28.6 Å². The van der Waals surface area contributed by atoms with Crippen LogP contribution in [0.4, 0.5) is 5.69 Å². The van der Waals surface area contributed by atoms with Gasteiger partial charge in [0.25, 0.3) is 0 Å². The highest BCUT2D eigenvalue weighted by molar-refractivity contribution is 7.99. The van der Waals surface area contributed by atoms with Gasteiger partial charge < -0.3 is 14.8 Å². The van der Waals surface area contributed by atoms with E-state index in [1.807, 2.05) is 59.2 Å². The van der Waals surface area contributed by atoms with Crippen molar-refractivity contribution >= 4 is 35.0 Å². The van der Waals surface area contributed by atoms with Crippen LogP contribution in [0.2, 0.25) is 5.02 Å². The molecule has 0 bridgehead atoms. The number of rotatable bonds is 8. The van der Waals surface area contributed by atoms with Crippen molar-refractivity contribution in [2.24, 2.45) is 0 Å². The Morgan fingerprint density at radius 3 is 2.30 bits per heavy atom. The molecular weight excluding hydrogens is 460 g/mol. The number of amides is 1. The second kappa shape index (κ2) is 10.4. The standard InChI is InChI=1S/C24H21ClN4O3S/c1-31-18-12-16(13-19(14-18)32-2)26-22(30)15-33-24-28-27-23(20-10-6-7-11-21(20)25)29(24)17-8-4-3-5-9-17/h3-14H,15H2,1-2H3,(H,26,30). The molecule has 3 aromatic carbocycles. The zero-order valence-corrected chi connectivity index (χ0v) is 19.6. The SMILES string of the molecule is COc1cc(NC(=O)CSc2nnc(-c3ccccc3Cl)n2-c2ccccc2)cc(OC)c1. The van der Waals surface area contributed by atoms with E-state index in [1.165, 1.54) is 11.8 Å². The molecule has 0 aliphatic carbocycles. The lowest BCUT2D eigenvalue weighted by Crippen LogP contribution is -2.14. The van der Waals surface area contributed by atoms with Crippen molar-refractivity contribution in [2.75, 3.05) is 25.3 Å². The van der Waals surface area contributed by atoms with E-state index in [2.05, 4.69) is 15.5 Å². The number of nitrogens with zero attached hydrogens (tertiary/aromatic N) is 3. The molecule has 1 aromatic heterocycles. The molecule has 1 heterocycles. The van der Waals surface area contributed by atoms with Gasteiger partial charge in [-0.2, -0.15) is 0 Å². The Morgan fingerprint density at radius 2 is 1.64 bits per heavy atom. The van der Waals surface area contributed by atoms with Gasteiger partial charge >= 0.3 is 0 Å². The lowest BCUT2D eigenvalue weighted by atomic mass is 10.2. The summed E-state index contributed by atoms with van der Waals surface area (Å²) in [5, 5.41) is 12.7. The number of carbonyl (C=O) groups excluding carboxylic acids is 1. The summed E-state index contributed by atoms with van der Waals surface area (Å²) in [5.74, 6) is 1.72. The summed E-state index contributed by atoms with van der Waals surface area (Å²) in [6.45, 7) is 0. The van der Waals surface area contributed by atoms with Gasteiger partial charge in [0, 0.05) is 35.1 Å². The van der Waals surface area contributed by atoms with Gasteiger partial charge in [-0.05, 0) is 24.3 Å². The van der Waals surface area contributed by atoms with Gasteiger partial charge in [-0.25, -0.2) is 0 Å². The van der Waals surface area contributed by atoms with E-state index < -0.39 is 0 Å². The zero-order chi connectivity index (χ0) is 23.2. The number of carbonyl (C=O) groups is 1. The van der Waals surface area contributed by atoms with E-state index in [-0.39, 0.29) is 11.7 Å². The minimum Gasteiger partial charge on any atom is -0.497 e. The monoisotopic (exact) mass is 480 g/mol. The molecule has 9 heteroatoms. The molecule has 0 aliphatic rings. The third kappa shape index (κ3) is 5.30. The molecule has 0 spiro atoms. The Bertz CT molecular complexity index is 1240. The molecule has 4 aromatic rings. The number of thioether (sulfide) groups is 1. The molecular formula is C24H21ClN4O3S. The molecule has 1 N–H and O–H groups in total. The van der Waals surface area contributed by atoms with Gasteiger partial charge in [-0.15, -0.1) is 10.2 Å². The number of hydrogen-bond donors (Lipinski definition) is 1. The van der Waals surface area contributed by atoms with E-state index in [0.29, 0.717) is 33.2 Å². The highest BCUT2D eigenvalue weighted by atomic mass is 35.5. The minimum atomic E-state index is -0.197. The molecule has 0 aliphatic heterocycles. The van der Waals surface area contributed by atoms with Crippen LogP contribution in [0.15, 0.2) is 78.0 Å². The van der Waals surface area contributed by atoms with Crippen LogP contribution in [0.25, 0.3) is 17.1 Å².